The van der Waals surface area contributed by atoms with Crippen LogP contribution in [0.3, 0.4) is 0 Å². The second-order valence-corrected chi connectivity index (χ2v) is 1.84. The van der Waals surface area contributed by atoms with Gasteiger partial charge < -0.3 is 0 Å². The first kappa shape index (κ1) is 6.93. The topological polar surface area (TPSA) is 25.8 Å². The van der Waals surface area contributed by atoms with Crippen LogP contribution in [-0.4, -0.2) is 9.97 Å². The van der Waals surface area contributed by atoms with E-state index in [1.165, 1.54) is 0 Å². The Morgan fingerprint density at radius 2 is 2.10 bits per heavy atom. The van der Waals surface area contributed by atoms with E-state index < -0.39 is 0 Å². The Labute approximate surface area is 60.6 Å². The highest BCUT2D eigenvalue weighted by Crippen LogP contribution is 1.96. The van der Waals surface area contributed by atoms with Gasteiger partial charge in [0.1, 0.15) is 5.82 Å². The smallest absolute Gasteiger partial charge is 0.132 e. The van der Waals surface area contributed by atoms with Crippen molar-refractivity contribution in [2.24, 2.45) is 0 Å². The second-order valence-electron chi connectivity index (χ2n) is 1.84. The van der Waals surface area contributed by atoms with Crippen molar-refractivity contribution in [1.82, 2.24) is 9.97 Å². The average molecular weight is 133 g/mol. The number of allylic oxidation sites excluding steroid dienone is 1. The van der Waals surface area contributed by atoms with Gasteiger partial charge in [0.2, 0.25) is 0 Å². The van der Waals surface area contributed by atoms with Crippen molar-refractivity contribution in [3.05, 3.63) is 43.4 Å². The highest BCUT2D eigenvalue weighted by Gasteiger charge is 1.89. The van der Waals surface area contributed by atoms with Crippen LogP contribution in [0.15, 0.2) is 31.1 Å². The third kappa shape index (κ3) is 1.97. The van der Waals surface area contributed by atoms with Gasteiger partial charge in [-0.25, -0.2) is 9.97 Å². The summed E-state index contributed by atoms with van der Waals surface area (Å²) in [6.07, 6.45) is 8.01. The molecule has 0 atom stereocenters. The van der Waals surface area contributed by atoms with Gasteiger partial charge in [0.15, 0.2) is 0 Å². The molecule has 0 aliphatic heterocycles. The molecular formula is C8H9N2. The zero-order chi connectivity index (χ0) is 7.23. The zero-order valence-electron chi connectivity index (χ0n) is 5.70. The molecule has 0 fully saturated rings. The SMILES string of the molecule is C=CC[CH]c1ncccn1. The van der Waals surface area contributed by atoms with Gasteiger partial charge in [-0.3, -0.25) is 0 Å². The monoisotopic (exact) mass is 133 g/mol. The molecule has 1 aromatic heterocycles. The van der Waals surface area contributed by atoms with Crippen molar-refractivity contribution < 1.29 is 0 Å². The maximum atomic E-state index is 4.00. The lowest BCUT2D eigenvalue weighted by molar-refractivity contribution is 1.03. The maximum Gasteiger partial charge on any atom is 0.132 e. The first-order chi connectivity index (χ1) is 4.93. The van der Waals surface area contributed by atoms with E-state index in [1.54, 1.807) is 18.5 Å². The minimum absolute atomic E-state index is 0.766. The third-order valence-electron chi connectivity index (χ3n) is 1.05. The Morgan fingerprint density at radius 3 is 2.70 bits per heavy atom. The fourth-order valence-electron chi connectivity index (χ4n) is 0.605. The molecule has 0 aromatic carbocycles. The van der Waals surface area contributed by atoms with Crippen LogP contribution in [0.2, 0.25) is 0 Å². The first-order valence-corrected chi connectivity index (χ1v) is 3.14. The second kappa shape index (κ2) is 3.77. The molecule has 0 aliphatic carbocycles. The average Bonchev–Trinajstić information content (AvgIpc) is 2.03. The summed E-state index contributed by atoms with van der Waals surface area (Å²) in [7, 11) is 0. The molecule has 0 spiro atoms. The Balaban J connectivity index is 2.50. The molecule has 1 aromatic rings. The van der Waals surface area contributed by atoms with Crippen LogP contribution >= 0.6 is 0 Å². The van der Waals surface area contributed by atoms with E-state index in [4.69, 9.17) is 0 Å². The minimum atomic E-state index is 0.766. The first-order valence-electron chi connectivity index (χ1n) is 3.14. The van der Waals surface area contributed by atoms with Crippen LogP contribution in [0.1, 0.15) is 12.2 Å². The maximum absolute atomic E-state index is 4.00. The molecule has 0 N–H and O–H groups in total. The molecule has 1 rings (SSSR count). The van der Waals surface area contributed by atoms with Crippen molar-refractivity contribution >= 4 is 0 Å². The number of rotatable bonds is 3. The Bertz CT molecular complexity index is 194. The van der Waals surface area contributed by atoms with Gasteiger partial charge in [-0.15, -0.1) is 6.58 Å². The van der Waals surface area contributed by atoms with E-state index in [9.17, 15) is 0 Å². The molecule has 0 aliphatic rings. The van der Waals surface area contributed by atoms with Crippen LogP contribution in [0.5, 0.6) is 0 Å². The van der Waals surface area contributed by atoms with Gasteiger partial charge in [0.05, 0.1) is 0 Å². The normalized spacial score (nSPS) is 9.20. The fourth-order valence-corrected chi connectivity index (χ4v) is 0.605. The van der Waals surface area contributed by atoms with E-state index in [1.807, 2.05) is 12.5 Å². The lowest BCUT2D eigenvalue weighted by Crippen LogP contribution is -1.88. The van der Waals surface area contributed by atoms with Crippen molar-refractivity contribution in [2.75, 3.05) is 0 Å². The van der Waals surface area contributed by atoms with E-state index in [0.717, 1.165) is 12.2 Å². The van der Waals surface area contributed by atoms with Gasteiger partial charge in [0.25, 0.3) is 0 Å². The van der Waals surface area contributed by atoms with Gasteiger partial charge in [-0.1, -0.05) is 6.08 Å². The lowest BCUT2D eigenvalue weighted by Gasteiger charge is -1.91. The lowest BCUT2D eigenvalue weighted by atomic mass is 10.3. The van der Waals surface area contributed by atoms with E-state index in [0.29, 0.717) is 0 Å². The van der Waals surface area contributed by atoms with Crippen LogP contribution in [0.4, 0.5) is 0 Å². The molecule has 1 radical (unpaired) electrons. The fraction of sp³-hybridized carbons (Fsp3) is 0.125. The van der Waals surface area contributed by atoms with Crippen LogP contribution in [-0.2, 0) is 0 Å². The van der Waals surface area contributed by atoms with Crippen molar-refractivity contribution in [3.8, 4) is 0 Å². The summed E-state index contributed by atoms with van der Waals surface area (Å²) < 4.78 is 0. The summed E-state index contributed by atoms with van der Waals surface area (Å²) in [6.45, 7) is 3.59. The summed E-state index contributed by atoms with van der Waals surface area (Å²) in [5, 5.41) is 0. The highest BCUT2D eigenvalue weighted by molar-refractivity contribution is 5.02. The summed E-state index contributed by atoms with van der Waals surface area (Å²) >= 11 is 0. The minimum Gasteiger partial charge on any atom is -0.241 e. The molecule has 2 nitrogen and oxygen atoms in total. The molecule has 0 saturated carbocycles. The summed E-state index contributed by atoms with van der Waals surface area (Å²) in [5.41, 5.74) is 0. The Hall–Kier alpha value is -1.18. The highest BCUT2D eigenvalue weighted by atomic mass is 14.8. The van der Waals surface area contributed by atoms with Crippen molar-refractivity contribution in [3.63, 3.8) is 0 Å². The molecular weight excluding hydrogens is 124 g/mol. The molecule has 0 amide bonds. The molecule has 0 saturated heterocycles. The molecule has 1 heterocycles. The molecule has 51 valence electrons. The predicted octanol–water partition coefficient (Wildman–Crippen LogP) is 1.61. The quantitative estimate of drug-likeness (QED) is 0.585. The largest absolute Gasteiger partial charge is 0.241 e. The van der Waals surface area contributed by atoms with E-state index in [2.05, 4.69) is 16.5 Å². The van der Waals surface area contributed by atoms with Crippen LogP contribution in [0.25, 0.3) is 0 Å². The number of hydrogen-bond acceptors (Lipinski definition) is 2. The molecule has 10 heavy (non-hydrogen) atoms. The summed E-state index contributed by atoms with van der Waals surface area (Å²) in [6, 6.07) is 1.80. The van der Waals surface area contributed by atoms with Gasteiger partial charge in [-0.05, 0) is 12.5 Å². The molecule has 0 bridgehead atoms. The summed E-state index contributed by atoms with van der Waals surface area (Å²) in [5.74, 6) is 0.766. The van der Waals surface area contributed by atoms with Gasteiger partial charge >= 0.3 is 0 Å². The van der Waals surface area contributed by atoms with E-state index >= 15 is 0 Å². The standard InChI is InChI=1S/C8H9N2/c1-2-3-5-8-9-6-4-7-10-8/h2,4-7H,1,3H2. The predicted molar refractivity (Wildman–Crippen MR) is 40.2 cm³/mol. The number of aromatic nitrogens is 2. The number of nitrogens with zero attached hydrogens (tertiary/aromatic N) is 2. The van der Waals surface area contributed by atoms with Crippen molar-refractivity contribution in [2.45, 2.75) is 6.42 Å². The summed E-state index contributed by atoms with van der Waals surface area (Å²) in [4.78, 5) is 8.00. The van der Waals surface area contributed by atoms with Crippen LogP contribution in [0, 0.1) is 6.42 Å². The third-order valence-corrected chi connectivity index (χ3v) is 1.05. The van der Waals surface area contributed by atoms with Gasteiger partial charge in [0, 0.05) is 18.8 Å². The van der Waals surface area contributed by atoms with Crippen molar-refractivity contribution in [1.29, 1.82) is 0 Å². The molecule has 0 unspecified atom stereocenters. The van der Waals surface area contributed by atoms with Gasteiger partial charge in [-0.2, -0.15) is 0 Å². The van der Waals surface area contributed by atoms with Crippen LogP contribution < -0.4 is 0 Å². The zero-order valence-corrected chi connectivity index (χ0v) is 5.70. The molecule has 2 heteroatoms. The Kier molecular flexibility index (Phi) is 2.62. The van der Waals surface area contributed by atoms with E-state index in [-0.39, 0.29) is 0 Å². The number of hydrogen-bond donors (Lipinski definition) is 0. The Morgan fingerprint density at radius 1 is 1.40 bits per heavy atom.